The fourth-order valence-electron chi connectivity index (χ4n) is 3.21. The van der Waals surface area contributed by atoms with Gasteiger partial charge in [-0.1, -0.05) is 54.6 Å². The summed E-state index contributed by atoms with van der Waals surface area (Å²) >= 11 is 0. The Labute approximate surface area is 134 Å². The first kappa shape index (κ1) is 13.8. The molecule has 2 aliphatic heterocycles. The summed E-state index contributed by atoms with van der Waals surface area (Å²) in [6, 6.07) is 17.1. The Morgan fingerprint density at radius 2 is 1.65 bits per heavy atom. The maximum atomic E-state index is 12.8. The van der Waals surface area contributed by atoms with Crippen molar-refractivity contribution in [2.24, 2.45) is 0 Å². The minimum absolute atomic E-state index is 0.110. The normalized spacial score (nSPS) is 21.7. The van der Waals surface area contributed by atoms with E-state index in [9.17, 15) is 9.59 Å². The number of piperazine rings is 1. The molecule has 2 heterocycles. The summed E-state index contributed by atoms with van der Waals surface area (Å²) in [7, 11) is 0. The van der Waals surface area contributed by atoms with Crippen LogP contribution in [-0.2, 0) is 22.6 Å². The molecule has 0 bridgehead atoms. The molecule has 2 amide bonds. The zero-order valence-electron chi connectivity index (χ0n) is 12.5. The second-order valence-electron chi connectivity index (χ2n) is 5.88. The van der Waals surface area contributed by atoms with Crippen molar-refractivity contribution in [3.05, 3.63) is 77.0 Å². The van der Waals surface area contributed by atoms with E-state index in [2.05, 4.69) is 5.32 Å². The average molecular weight is 304 g/mol. The van der Waals surface area contributed by atoms with E-state index in [-0.39, 0.29) is 11.8 Å². The highest BCUT2D eigenvalue weighted by molar-refractivity contribution is 6.07. The van der Waals surface area contributed by atoms with Gasteiger partial charge in [-0.05, 0) is 22.8 Å². The van der Waals surface area contributed by atoms with Gasteiger partial charge in [0.1, 0.15) is 11.7 Å². The number of carbonyl (C=O) groups is 2. The van der Waals surface area contributed by atoms with Gasteiger partial charge in [-0.3, -0.25) is 9.59 Å². The topological polar surface area (TPSA) is 49.4 Å². The van der Waals surface area contributed by atoms with Crippen LogP contribution in [0, 0.1) is 0 Å². The second kappa shape index (κ2) is 5.39. The zero-order chi connectivity index (χ0) is 15.8. The molecule has 1 saturated heterocycles. The Morgan fingerprint density at radius 1 is 0.957 bits per heavy atom. The molecular formula is C19H16N2O2. The fraction of sp³-hybridized carbons (Fsp3) is 0.158. The Hall–Kier alpha value is -2.88. The van der Waals surface area contributed by atoms with Crippen LogP contribution in [0.25, 0.3) is 6.08 Å². The Balaban J connectivity index is 1.69. The molecule has 2 aromatic carbocycles. The number of nitrogens with one attached hydrogen (secondary N) is 1. The number of amides is 2. The van der Waals surface area contributed by atoms with Gasteiger partial charge >= 0.3 is 0 Å². The maximum absolute atomic E-state index is 12.8. The standard InChI is InChI=1S/C19H16N2O2/c22-18-17-11-14-8-4-5-9-15(14)12-21(17)19(23)16(20-18)10-13-6-2-1-3-7-13/h1-10,17H,11-12H2,(H,20,22)/b16-10+/t17-/m1/s1. The van der Waals surface area contributed by atoms with E-state index >= 15 is 0 Å². The summed E-state index contributed by atoms with van der Waals surface area (Å²) in [5.74, 6) is -0.228. The van der Waals surface area contributed by atoms with Gasteiger partial charge in [-0.25, -0.2) is 0 Å². The molecule has 114 valence electrons. The highest BCUT2D eigenvalue weighted by Crippen LogP contribution is 2.27. The van der Waals surface area contributed by atoms with Gasteiger partial charge in [-0.15, -0.1) is 0 Å². The highest BCUT2D eigenvalue weighted by Gasteiger charge is 2.40. The number of benzene rings is 2. The molecule has 1 fully saturated rings. The lowest BCUT2D eigenvalue weighted by Gasteiger charge is -2.39. The molecule has 0 unspecified atom stereocenters. The van der Waals surface area contributed by atoms with Gasteiger partial charge in [0.25, 0.3) is 5.91 Å². The summed E-state index contributed by atoms with van der Waals surface area (Å²) in [6.45, 7) is 0.485. The van der Waals surface area contributed by atoms with Crippen molar-refractivity contribution in [2.75, 3.05) is 0 Å². The van der Waals surface area contributed by atoms with Crippen LogP contribution in [0.15, 0.2) is 60.3 Å². The van der Waals surface area contributed by atoms with E-state index in [1.807, 2.05) is 54.6 Å². The predicted octanol–water partition coefficient (Wildman–Crippen LogP) is 2.11. The lowest BCUT2D eigenvalue weighted by atomic mass is 9.91. The monoisotopic (exact) mass is 304 g/mol. The molecule has 4 rings (SSSR count). The van der Waals surface area contributed by atoms with Gasteiger partial charge in [0.2, 0.25) is 5.91 Å². The lowest BCUT2D eigenvalue weighted by Crippen LogP contribution is -2.58. The largest absolute Gasteiger partial charge is 0.321 e. The van der Waals surface area contributed by atoms with Crippen LogP contribution in [0.1, 0.15) is 16.7 Å². The molecule has 0 radical (unpaired) electrons. The van der Waals surface area contributed by atoms with Crippen LogP contribution in [0.5, 0.6) is 0 Å². The van der Waals surface area contributed by atoms with Crippen molar-refractivity contribution in [1.82, 2.24) is 10.2 Å². The molecule has 1 atom stereocenters. The molecule has 0 spiro atoms. The quantitative estimate of drug-likeness (QED) is 0.820. The number of hydrogen-bond donors (Lipinski definition) is 1. The van der Waals surface area contributed by atoms with Crippen molar-refractivity contribution in [3.8, 4) is 0 Å². The molecule has 4 nitrogen and oxygen atoms in total. The van der Waals surface area contributed by atoms with Crippen LogP contribution in [0.4, 0.5) is 0 Å². The Kier molecular flexibility index (Phi) is 3.23. The molecule has 2 aromatic rings. The van der Waals surface area contributed by atoms with E-state index in [0.717, 1.165) is 16.7 Å². The SMILES string of the molecule is O=C1N/C(=C/c2ccccc2)C(=O)N2Cc3ccccc3C[C@H]12. The van der Waals surface area contributed by atoms with Crippen LogP contribution in [0.2, 0.25) is 0 Å². The summed E-state index contributed by atoms with van der Waals surface area (Å²) in [4.78, 5) is 26.9. The molecule has 4 heteroatoms. The Bertz CT molecular complexity index is 811. The van der Waals surface area contributed by atoms with Crippen molar-refractivity contribution >= 4 is 17.9 Å². The molecular weight excluding hydrogens is 288 g/mol. The second-order valence-corrected chi connectivity index (χ2v) is 5.88. The van der Waals surface area contributed by atoms with Gasteiger partial charge in [-0.2, -0.15) is 0 Å². The van der Waals surface area contributed by atoms with E-state index in [4.69, 9.17) is 0 Å². The van der Waals surface area contributed by atoms with Crippen LogP contribution < -0.4 is 5.32 Å². The van der Waals surface area contributed by atoms with E-state index in [1.54, 1.807) is 11.0 Å². The third-order valence-electron chi connectivity index (χ3n) is 4.41. The first-order valence-corrected chi connectivity index (χ1v) is 7.68. The Morgan fingerprint density at radius 3 is 2.43 bits per heavy atom. The van der Waals surface area contributed by atoms with Crippen LogP contribution in [-0.4, -0.2) is 22.8 Å². The predicted molar refractivity (Wildman–Crippen MR) is 87.0 cm³/mol. The van der Waals surface area contributed by atoms with Gasteiger partial charge in [0, 0.05) is 13.0 Å². The smallest absolute Gasteiger partial charge is 0.271 e. The number of carbonyl (C=O) groups excluding carboxylic acids is 2. The summed E-state index contributed by atoms with van der Waals surface area (Å²) in [5.41, 5.74) is 3.50. The fourth-order valence-corrected chi connectivity index (χ4v) is 3.21. The number of nitrogens with zero attached hydrogens (tertiary/aromatic N) is 1. The number of rotatable bonds is 1. The van der Waals surface area contributed by atoms with E-state index in [1.165, 1.54) is 0 Å². The first-order valence-electron chi connectivity index (χ1n) is 7.68. The van der Waals surface area contributed by atoms with Crippen LogP contribution in [0.3, 0.4) is 0 Å². The minimum atomic E-state index is -0.412. The lowest BCUT2D eigenvalue weighted by molar-refractivity contribution is -0.143. The van der Waals surface area contributed by atoms with E-state index < -0.39 is 6.04 Å². The minimum Gasteiger partial charge on any atom is -0.321 e. The maximum Gasteiger partial charge on any atom is 0.271 e. The third kappa shape index (κ3) is 2.42. The molecule has 0 aromatic heterocycles. The third-order valence-corrected chi connectivity index (χ3v) is 4.41. The molecule has 1 N–H and O–H groups in total. The van der Waals surface area contributed by atoms with Gasteiger partial charge in [0.15, 0.2) is 0 Å². The van der Waals surface area contributed by atoms with Crippen LogP contribution >= 0.6 is 0 Å². The average Bonchev–Trinajstić information content (AvgIpc) is 2.59. The summed E-state index contributed by atoms with van der Waals surface area (Å²) in [6.07, 6.45) is 2.31. The van der Waals surface area contributed by atoms with Gasteiger partial charge in [0.05, 0.1) is 0 Å². The van der Waals surface area contributed by atoms with Crippen molar-refractivity contribution in [1.29, 1.82) is 0 Å². The molecule has 23 heavy (non-hydrogen) atoms. The first-order chi connectivity index (χ1) is 11.2. The zero-order valence-corrected chi connectivity index (χ0v) is 12.5. The highest BCUT2D eigenvalue weighted by atomic mass is 16.2. The molecule has 2 aliphatic rings. The number of hydrogen-bond acceptors (Lipinski definition) is 2. The van der Waals surface area contributed by atoms with Crippen molar-refractivity contribution < 1.29 is 9.59 Å². The van der Waals surface area contributed by atoms with Crippen molar-refractivity contribution in [3.63, 3.8) is 0 Å². The van der Waals surface area contributed by atoms with E-state index in [0.29, 0.717) is 18.7 Å². The molecule has 0 saturated carbocycles. The number of fused-ring (bicyclic) bond motifs is 2. The summed E-state index contributed by atoms with van der Waals surface area (Å²) < 4.78 is 0. The van der Waals surface area contributed by atoms with Gasteiger partial charge < -0.3 is 10.2 Å². The van der Waals surface area contributed by atoms with Crippen molar-refractivity contribution in [2.45, 2.75) is 19.0 Å². The molecule has 0 aliphatic carbocycles. The summed E-state index contributed by atoms with van der Waals surface area (Å²) in [5, 5.41) is 2.78.